The first-order valence-electron chi connectivity index (χ1n) is 9.55. The van der Waals surface area contributed by atoms with Crippen LogP contribution in [0.2, 0.25) is 0 Å². The van der Waals surface area contributed by atoms with Gasteiger partial charge in [0.1, 0.15) is 6.04 Å². The van der Waals surface area contributed by atoms with Gasteiger partial charge in [-0.15, -0.1) is 0 Å². The van der Waals surface area contributed by atoms with Gasteiger partial charge in [0.05, 0.1) is 10.9 Å². The molecule has 0 aliphatic rings. The molecule has 0 aliphatic heterocycles. The van der Waals surface area contributed by atoms with Crippen LogP contribution in [-0.4, -0.2) is 35.3 Å². The minimum atomic E-state index is -0.948. The van der Waals surface area contributed by atoms with E-state index in [0.29, 0.717) is 30.5 Å². The van der Waals surface area contributed by atoms with Crippen molar-refractivity contribution in [1.29, 1.82) is 0 Å². The minimum Gasteiger partial charge on any atom is -0.385 e. The second-order valence-electron chi connectivity index (χ2n) is 6.88. The molecule has 7 heteroatoms. The van der Waals surface area contributed by atoms with Crippen molar-refractivity contribution in [2.24, 2.45) is 7.05 Å². The summed E-state index contributed by atoms with van der Waals surface area (Å²) in [6, 6.07) is 15.3. The van der Waals surface area contributed by atoms with Crippen molar-refractivity contribution in [3.63, 3.8) is 0 Å². The highest BCUT2D eigenvalue weighted by atomic mass is 16.5. The van der Waals surface area contributed by atoms with Crippen molar-refractivity contribution in [2.75, 3.05) is 20.3 Å². The molecular formula is C22H25N3O4. The number of ether oxygens (including phenoxy) is 1. The molecule has 7 nitrogen and oxygen atoms in total. The van der Waals surface area contributed by atoms with Crippen molar-refractivity contribution in [3.05, 3.63) is 81.0 Å². The van der Waals surface area contributed by atoms with Gasteiger partial charge in [-0.3, -0.25) is 14.2 Å². The summed E-state index contributed by atoms with van der Waals surface area (Å²) in [5, 5.41) is 3.23. The van der Waals surface area contributed by atoms with Crippen LogP contribution in [0, 0.1) is 0 Å². The van der Waals surface area contributed by atoms with Crippen LogP contribution in [-0.2, 0) is 23.0 Å². The number of para-hydroxylation sites is 1. The molecule has 1 heterocycles. The van der Waals surface area contributed by atoms with E-state index < -0.39 is 17.3 Å². The molecule has 1 aromatic heterocycles. The maximum absolute atomic E-state index is 13.2. The van der Waals surface area contributed by atoms with Gasteiger partial charge in [-0.05, 0) is 24.1 Å². The van der Waals surface area contributed by atoms with Crippen molar-refractivity contribution in [3.8, 4) is 0 Å². The molecule has 3 aromatic rings. The monoisotopic (exact) mass is 395 g/mol. The lowest BCUT2D eigenvalue weighted by Gasteiger charge is -2.20. The van der Waals surface area contributed by atoms with E-state index in [-0.39, 0.29) is 12.3 Å². The number of hydrogen-bond donors (Lipinski definition) is 1. The Morgan fingerprint density at radius 2 is 1.76 bits per heavy atom. The zero-order chi connectivity index (χ0) is 20.8. The molecule has 0 bridgehead atoms. The Morgan fingerprint density at radius 1 is 1.07 bits per heavy atom. The van der Waals surface area contributed by atoms with E-state index in [0.717, 1.165) is 10.1 Å². The van der Waals surface area contributed by atoms with E-state index in [2.05, 4.69) is 5.32 Å². The summed E-state index contributed by atoms with van der Waals surface area (Å²) in [7, 11) is 3.20. The van der Waals surface area contributed by atoms with Gasteiger partial charge in [0, 0.05) is 33.7 Å². The van der Waals surface area contributed by atoms with Crippen LogP contribution in [0.4, 0.5) is 0 Å². The number of carbonyl (C=O) groups is 1. The van der Waals surface area contributed by atoms with Gasteiger partial charge in [-0.25, -0.2) is 9.36 Å². The summed E-state index contributed by atoms with van der Waals surface area (Å²) < 4.78 is 7.49. The zero-order valence-electron chi connectivity index (χ0n) is 16.6. The molecule has 1 N–H and O–H groups in total. The van der Waals surface area contributed by atoms with Gasteiger partial charge >= 0.3 is 5.69 Å². The topological polar surface area (TPSA) is 82.3 Å². The van der Waals surface area contributed by atoms with E-state index in [1.54, 1.807) is 38.4 Å². The first-order chi connectivity index (χ1) is 14.0. The number of benzene rings is 2. The molecule has 0 fully saturated rings. The van der Waals surface area contributed by atoms with Gasteiger partial charge in [0.15, 0.2) is 0 Å². The smallest absolute Gasteiger partial charge is 0.331 e. The second-order valence-corrected chi connectivity index (χ2v) is 6.88. The molecule has 1 amide bonds. The van der Waals surface area contributed by atoms with Crippen LogP contribution in [0.15, 0.2) is 64.2 Å². The fourth-order valence-corrected chi connectivity index (χ4v) is 3.39. The number of aromatic nitrogens is 2. The molecule has 0 spiro atoms. The third-order valence-corrected chi connectivity index (χ3v) is 4.92. The predicted molar refractivity (Wildman–Crippen MR) is 112 cm³/mol. The number of nitrogens with one attached hydrogen (secondary N) is 1. The number of methoxy groups -OCH3 is 1. The van der Waals surface area contributed by atoms with Gasteiger partial charge in [-0.1, -0.05) is 42.5 Å². The van der Waals surface area contributed by atoms with Gasteiger partial charge in [-0.2, -0.15) is 0 Å². The summed E-state index contributed by atoms with van der Waals surface area (Å²) in [6.07, 6.45) is 0.884. The Labute approximate surface area is 168 Å². The summed E-state index contributed by atoms with van der Waals surface area (Å²) in [5.41, 5.74) is 0.433. The predicted octanol–water partition coefficient (Wildman–Crippen LogP) is 1.64. The fourth-order valence-electron chi connectivity index (χ4n) is 3.39. The molecule has 2 aromatic carbocycles. The van der Waals surface area contributed by atoms with Crippen LogP contribution in [0.5, 0.6) is 0 Å². The molecule has 0 saturated carbocycles. The molecular weight excluding hydrogens is 370 g/mol. The van der Waals surface area contributed by atoms with Crippen molar-refractivity contribution >= 4 is 16.8 Å². The number of hydrogen-bond acceptors (Lipinski definition) is 4. The number of fused-ring (bicyclic) bond motifs is 1. The molecule has 152 valence electrons. The third-order valence-electron chi connectivity index (χ3n) is 4.92. The Bertz CT molecular complexity index is 1100. The Morgan fingerprint density at radius 3 is 2.48 bits per heavy atom. The average Bonchev–Trinajstić information content (AvgIpc) is 2.75. The Balaban J connectivity index is 2.07. The summed E-state index contributed by atoms with van der Waals surface area (Å²) in [4.78, 5) is 39.2. The van der Waals surface area contributed by atoms with Crippen LogP contribution < -0.4 is 16.6 Å². The zero-order valence-corrected chi connectivity index (χ0v) is 16.6. The standard InChI is InChI=1S/C22H25N3O4/c1-24-18-12-7-6-11-17(18)21(27)25(22(24)28)19(15-16-9-4-3-5-10-16)20(26)23-13-8-14-29-2/h3-7,9-12,19H,8,13-15H2,1-2H3,(H,23,26)/t19-/m0/s1. The summed E-state index contributed by atoms with van der Waals surface area (Å²) in [6.45, 7) is 0.919. The average molecular weight is 395 g/mol. The number of carbonyl (C=O) groups excluding carboxylic acids is 1. The lowest BCUT2D eigenvalue weighted by molar-refractivity contribution is -0.124. The fraction of sp³-hybridized carbons (Fsp3) is 0.318. The first-order valence-corrected chi connectivity index (χ1v) is 9.55. The Hall–Kier alpha value is -3.19. The van der Waals surface area contributed by atoms with Crippen molar-refractivity contribution in [2.45, 2.75) is 18.9 Å². The van der Waals surface area contributed by atoms with Crippen LogP contribution in [0.25, 0.3) is 10.9 Å². The molecule has 0 radical (unpaired) electrons. The van der Waals surface area contributed by atoms with Crippen LogP contribution >= 0.6 is 0 Å². The van der Waals surface area contributed by atoms with Crippen molar-refractivity contribution < 1.29 is 9.53 Å². The molecule has 0 aliphatic carbocycles. The molecule has 1 atom stereocenters. The SMILES string of the molecule is COCCCNC(=O)[C@H](Cc1ccccc1)n1c(=O)c2ccccc2n(C)c1=O. The molecule has 0 saturated heterocycles. The van der Waals surface area contributed by atoms with Crippen molar-refractivity contribution in [1.82, 2.24) is 14.5 Å². The first kappa shape index (κ1) is 20.5. The van der Waals surface area contributed by atoms with Gasteiger partial charge < -0.3 is 10.1 Å². The summed E-state index contributed by atoms with van der Waals surface area (Å²) >= 11 is 0. The number of aryl methyl sites for hydroxylation is 1. The van der Waals surface area contributed by atoms with E-state index in [9.17, 15) is 14.4 Å². The van der Waals surface area contributed by atoms with E-state index in [4.69, 9.17) is 4.74 Å². The molecule has 29 heavy (non-hydrogen) atoms. The van der Waals surface area contributed by atoms with E-state index in [1.165, 1.54) is 4.57 Å². The normalized spacial score (nSPS) is 12.1. The maximum atomic E-state index is 13.2. The van der Waals surface area contributed by atoms with E-state index >= 15 is 0 Å². The largest absolute Gasteiger partial charge is 0.385 e. The number of nitrogens with zero attached hydrogens (tertiary/aromatic N) is 2. The molecule has 0 unspecified atom stereocenters. The lowest BCUT2D eigenvalue weighted by atomic mass is 10.0. The molecule has 3 rings (SSSR count). The quantitative estimate of drug-likeness (QED) is 0.588. The van der Waals surface area contributed by atoms with Crippen LogP contribution in [0.1, 0.15) is 18.0 Å². The van der Waals surface area contributed by atoms with Crippen LogP contribution in [0.3, 0.4) is 0 Å². The number of rotatable bonds is 8. The van der Waals surface area contributed by atoms with Gasteiger partial charge in [0.25, 0.3) is 5.56 Å². The highest BCUT2D eigenvalue weighted by Gasteiger charge is 2.26. The highest BCUT2D eigenvalue weighted by Crippen LogP contribution is 2.14. The number of amides is 1. The Kier molecular flexibility index (Phi) is 6.61. The highest BCUT2D eigenvalue weighted by molar-refractivity contribution is 5.82. The summed E-state index contributed by atoms with van der Waals surface area (Å²) in [5.74, 6) is -0.362. The third kappa shape index (κ3) is 4.46. The lowest BCUT2D eigenvalue weighted by Crippen LogP contribution is -2.47. The second kappa shape index (κ2) is 9.34. The van der Waals surface area contributed by atoms with E-state index in [1.807, 2.05) is 30.3 Å². The maximum Gasteiger partial charge on any atom is 0.331 e. The van der Waals surface area contributed by atoms with Gasteiger partial charge in [0.2, 0.25) is 5.91 Å². The minimum absolute atomic E-state index is 0.241.